The number of nitrogens with zero attached hydrogens (tertiary/aromatic N) is 4. The molecule has 0 atom stereocenters. The summed E-state index contributed by atoms with van der Waals surface area (Å²) in [6.07, 6.45) is 1.89. The van der Waals surface area contributed by atoms with E-state index in [1.54, 1.807) is 0 Å². The molecule has 0 unspecified atom stereocenters. The molecule has 5 nitrogen and oxygen atoms in total. The van der Waals surface area contributed by atoms with Gasteiger partial charge < -0.3 is 5.11 Å². The molecule has 1 aliphatic heterocycles. The summed E-state index contributed by atoms with van der Waals surface area (Å²) in [6.45, 7) is 28.9. The quantitative estimate of drug-likeness (QED) is 0.169. The number of thiophene rings is 1. The van der Waals surface area contributed by atoms with Crippen LogP contribution in [0.5, 0.6) is 5.75 Å². The average molecular weight is 973 g/mol. The molecule has 0 saturated heterocycles. The molecule has 0 amide bonds. The summed E-state index contributed by atoms with van der Waals surface area (Å²) in [7, 11) is 0. The number of aromatic nitrogens is 3. The molecule has 0 spiro atoms. The van der Waals surface area contributed by atoms with Crippen molar-refractivity contribution in [1.29, 1.82) is 0 Å². The van der Waals surface area contributed by atoms with Gasteiger partial charge in [-0.2, -0.15) is 0 Å². The number of aromatic hydroxyl groups is 1. The van der Waals surface area contributed by atoms with Gasteiger partial charge in [-0.15, -0.1) is 11.3 Å². The first-order valence-electron chi connectivity index (χ1n) is 25.8. The molecule has 0 fully saturated rings. The zero-order valence-corrected chi connectivity index (χ0v) is 45.5. The highest BCUT2D eigenvalue weighted by atomic mass is 32.1. The number of pyridine rings is 2. The number of phenolic OH excluding ortho intramolecular Hbond substituents is 1. The van der Waals surface area contributed by atoms with E-state index in [4.69, 9.17) is 15.0 Å². The van der Waals surface area contributed by atoms with E-state index in [0.717, 1.165) is 94.6 Å². The van der Waals surface area contributed by atoms with Crippen molar-refractivity contribution >= 4 is 72.3 Å². The van der Waals surface area contributed by atoms with Crippen LogP contribution < -0.4 is 10.9 Å². The van der Waals surface area contributed by atoms with Gasteiger partial charge in [-0.25, -0.2) is 9.97 Å². The largest absolute Gasteiger partial charge is 0.507 e. The van der Waals surface area contributed by atoms with Crippen LogP contribution in [0.15, 0.2) is 157 Å². The summed E-state index contributed by atoms with van der Waals surface area (Å²) in [6, 6.07) is 52.9. The summed E-state index contributed by atoms with van der Waals surface area (Å²) in [5.74, 6) is 1.09. The van der Waals surface area contributed by atoms with Crippen molar-refractivity contribution in [3.05, 3.63) is 185 Å². The molecular weight excluding hydrogens is 908 g/mol. The SMILES string of the molecule is Cc1c(-c2ccccc2)sc2cc3c(cc12)c1cccnc1n3-c1cc(C(C)(C)C)cc(-c2cccc3c2N=C(c2cc(C(C)(C)C)cc(C(C)(C)C)c2O)B3c2ccc(C(C)(C)C)cc2-c2ccccc2)n1. The van der Waals surface area contributed by atoms with E-state index in [0.29, 0.717) is 0 Å². The highest BCUT2D eigenvalue weighted by molar-refractivity contribution is 7.22. The van der Waals surface area contributed by atoms with Gasteiger partial charge in [0.15, 0.2) is 0 Å². The second kappa shape index (κ2) is 17.3. The maximum atomic E-state index is 12.7. The maximum Gasteiger partial charge on any atom is 0.269 e. The van der Waals surface area contributed by atoms with E-state index in [9.17, 15) is 5.11 Å². The van der Waals surface area contributed by atoms with E-state index >= 15 is 0 Å². The smallest absolute Gasteiger partial charge is 0.269 e. The molecular formula is C66H65BN4OS. The van der Waals surface area contributed by atoms with Gasteiger partial charge in [-0.1, -0.05) is 192 Å². The minimum absolute atomic E-state index is 0.0756. The predicted molar refractivity (Wildman–Crippen MR) is 313 cm³/mol. The molecule has 10 aromatic rings. The first-order chi connectivity index (χ1) is 34.6. The Hall–Kier alpha value is -7.09. The summed E-state index contributed by atoms with van der Waals surface area (Å²) >= 11 is 1.84. The third-order valence-electron chi connectivity index (χ3n) is 15.1. The molecule has 0 radical (unpaired) electrons. The standard InChI is InChI=1S/C66H65BN4OS/c1-39-47-37-49-45-27-21-31-68-62(45)71(55(49)38-56(47)73-60(39)41-24-18-15-19-25-41)57-36-44(65(8,9)10)35-54(69-57)46-26-20-28-53-58(46)70-61(50-33-43(64(5,6)7)34-51(59(50)72)66(11,12)13)67(53)52-30-29-42(63(2,3)4)32-48(52)40-22-16-14-17-23-40/h14-38,72H,1-13H3. The Bertz CT molecular complexity index is 3850. The number of hydrogen-bond donors (Lipinski definition) is 1. The van der Waals surface area contributed by atoms with Crippen LogP contribution in [0, 0.1) is 6.92 Å². The fraction of sp³-hybridized carbons (Fsp3) is 0.258. The van der Waals surface area contributed by atoms with Gasteiger partial charge in [-0.3, -0.25) is 9.56 Å². The van der Waals surface area contributed by atoms with E-state index in [1.807, 2.05) is 23.6 Å². The Balaban J connectivity index is 1.19. The van der Waals surface area contributed by atoms with Crippen molar-refractivity contribution in [2.75, 3.05) is 0 Å². The van der Waals surface area contributed by atoms with Crippen LogP contribution in [0.25, 0.3) is 70.7 Å². The lowest BCUT2D eigenvalue weighted by Gasteiger charge is -2.28. The van der Waals surface area contributed by atoms with Crippen LogP contribution in [-0.2, 0) is 21.7 Å². The topological polar surface area (TPSA) is 63.3 Å². The summed E-state index contributed by atoms with van der Waals surface area (Å²) < 4.78 is 3.50. The van der Waals surface area contributed by atoms with Gasteiger partial charge in [0.2, 0.25) is 0 Å². The number of benzene rings is 6. The lowest BCUT2D eigenvalue weighted by molar-refractivity contribution is 0.443. The zero-order chi connectivity index (χ0) is 51.5. The molecule has 4 aromatic heterocycles. The van der Waals surface area contributed by atoms with Crippen molar-refractivity contribution in [2.24, 2.45) is 4.99 Å². The Morgan fingerprint density at radius 2 is 1.19 bits per heavy atom. The number of phenols is 1. The summed E-state index contributed by atoms with van der Waals surface area (Å²) in [4.78, 5) is 17.9. The second-order valence-corrected chi connectivity index (χ2v) is 25.4. The van der Waals surface area contributed by atoms with Crippen LogP contribution in [0.1, 0.15) is 116 Å². The number of aliphatic imine (C=N–C) groups is 1. The molecule has 6 aromatic carbocycles. The molecule has 364 valence electrons. The van der Waals surface area contributed by atoms with Crippen molar-refractivity contribution in [2.45, 2.75) is 112 Å². The summed E-state index contributed by atoms with van der Waals surface area (Å²) in [5, 5.41) is 16.2. The van der Waals surface area contributed by atoms with Crippen LogP contribution in [0.3, 0.4) is 0 Å². The average Bonchev–Trinajstić information content (AvgIpc) is 4.01. The van der Waals surface area contributed by atoms with Crippen molar-refractivity contribution in [1.82, 2.24) is 14.5 Å². The van der Waals surface area contributed by atoms with Crippen LogP contribution in [0.4, 0.5) is 5.69 Å². The van der Waals surface area contributed by atoms with Crippen LogP contribution in [-0.4, -0.2) is 32.0 Å². The van der Waals surface area contributed by atoms with Gasteiger partial charge >= 0.3 is 0 Å². The van der Waals surface area contributed by atoms with Gasteiger partial charge in [0, 0.05) is 48.8 Å². The Labute approximate surface area is 435 Å². The lowest BCUT2D eigenvalue weighted by atomic mass is 9.36. The molecule has 0 bridgehead atoms. The molecule has 1 N–H and O–H groups in total. The summed E-state index contributed by atoms with van der Waals surface area (Å²) in [5.41, 5.74) is 16.9. The minimum atomic E-state index is -0.329. The monoisotopic (exact) mass is 972 g/mol. The number of aryl methyl sites for hydroxylation is 1. The first-order valence-corrected chi connectivity index (χ1v) is 26.6. The minimum Gasteiger partial charge on any atom is -0.507 e. The van der Waals surface area contributed by atoms with Crippen LogP contribution in [0.2, 0.25) is 0 Å². The number of rotatable bonds is 6. The van der Waals surface area contributed by atoms with E-state index < -0.39 is 0 Å². The highest BCUT2D eigenvalue weighted by Crippen LogP contribution is 2.45. The lowest BCUT2D eigenvalue weighted by Crippen LogP contribution is -2.48. The van der Waals surface area contributed by atoms with Crippen molar-refractivity contribution < 1.29 is 5.11 Å². The third kappa shape index (κ3) is 8.40. The molecule has 0 saturated carbocycles. The molecule has 0 aliphatic carbocycles. The molecule has 1 aliphatic rings. The fourth-order valence-electron chi connectivity index (χ4n) is 10.8. The Morgan fingerprint density at radius 3 is 1.86 bits per heavy atom. The maximum absolute atomic E-state index is 12.7. The van der Waals surface area contributed by atoms with Gasteiger partial charge in [0.25, 0.3) is 6.71 Å². The number of para-hydroxylation sites is 1. The fourth-order valence-corrected chi connectivity index (χ4v) is 12.0. The predicted octanol–water partition coefficient (Wildman–Crippen LogP) is 16.3. The number of hydrogen-bond acceptors (Lipinski definition) is 5. The third-order valence-corrected chi connectivity index (χ3v) is 16.4. The number of fused-ring (bicyclic) bond motifs is 5. The zero-order valence-electron chi connectivity index (χ0n) is 44.7. The van der Waals surface area contributed by atoms with Crippen molar-refractivity contribution in [3.8, 4) is 44.4 Å². The van der Waals surface area contributed by atoms with Gasteiger partial charge in [-0.05, 0) is 121 Å². The Kier molecular flexibility index (Phi) is 11.4. The normalized spacial score (nSPS) is 13.4. The van der Waals surface area contributed by atoms with Gasteiger partial charge in [0.05, 0.1) is 16.9 Å². The first kappa shape index (κ1) is 48.2. The van der Waals surface area contributed by atoms with Crippen molar-refractivity contribution in [3.63, 3.8) is 0 Å². The highest BCUT2D eigenvalue weighted by Gasteiger charge is 2.40. The Morgan fingerprint density at radius 1 is 0.534 bits per heavy atom. The molecule has 73 heavy (non-hydrogen) atoms. The van der Waals surface area contributed by atoms with E-state index in [1.165, 1.54) is 31.7 Å². The molecule has 7 heteroatoms. The second-order valence-electron chi connectivity index (χ2n) is 24.4. The van der Waals surface area contributed by atoms with Gasteiger partial charge in [0.1, 0.15) is 17.2 Å². The molecule has 5 heterocycles. The van der Waals surface area contributed by atoms with Crippen LogP contribution >= 0.6 is 11.3 Å². The van der Waals surface area contributed by atoms with E-state index in [-0.39, 0.29) is 34.1 Å². The van der Waals surface area contributed by atoms with E-state index in [2.05, 4.69) is 234 Å². The molecule has 11 rings (SSSR count).